The highest BCUT2D eigenvalue weighted by Crippen LogP contribution is 2.25. The van der Waals surface area contributed by atoms with Crippen molar-refractivity contribution in [3.05, 3.63) is 59.7 Å². The van der Waals surface area contributed by atoms with Crippen molar-refractivity contribution in [2.24, 2.45) is 0 Å². The Kier molecular flexibility index (Phi) is 6.73. The molecule has 2 N–H and O–H groups in total. The number of nitrogens with two attached hydrogens (primary N) is 1. The Hall–Kier alpha value is -3.22. The van der Waals surface area contributed by atoms with E-state index in [0.29, 0.717) is 43.2 Å². The molecule has 2 aromatic rings. The summed E-state index contributed by atoms with van der Waals surface area (Å²) in [5.41, 5.74) is 7.55. The summed E-state index contributed by atoms with van der Waals surface area (Å²) in [5.74, 6) is 0.431. The van der Waals surface area contributed by atoms with Crippen molar-refractivity contribution in [2.75, 3.05) is 25.4 Å². The van der Waals surface area contributed by atoms with Crippen LogP contribution in [0.3, 0.4) is 0 Å². The van der Waals surface area contributed by atoms with Crippen LogP contribution in [0.4, 0.5) is 10.5 Å². The van der Waals surface area contributed by atoms with Crippen LogP contribution in [0, 0.1) is 0 Å². The highest BCUT2D eigenvalue weighted by molar-refractivity contribution is 5.95. The van der Waals surface area contributed by atoms with E-state index >= 15 is 0 Å². The molecular weight excluding hydrogens is 394 g/mol. The number of rotatable bonds is 4. The van der Waals surface area contributed by atoms with Gasteiger partial charge in [0.25, 0.3) is 5.91 Å². The fraction of sp³-hybridized carbons (Fsp3) is 0.417. The highest BCUT2D eigenvalue weighted by atomic mass is 16.6. The lowest BCUT2D eigenvalue weighted by Gasteiger charge is -2.40. The molecule has 7 heteroatoms. The lowest BCUT2D eigenvalue weighted by Crippen LogP contribution is -2.56. The van der Waals surface area contributed by atoms with Crippen LogP contribution in [-0.4, -0.2) is 53.1 Å². The van der Waals surface area contributed by atoms with Crippen LogP contribution in [0.25, 0.3) is 0 Å². The van der Waals surface area contributed by atoms with E-state index in [0.717, 1.165) is 5.56 Å². The monoisotopic (exact) mass is 425 g/mol. The molecule has 7 nitrogen and oxygen atoms in total. The summed E-state index contributed by atoms with van der Waals surface area (Å²) in [6.07, 6.45) is -0.351. The maximum atomic E-state index is 13.0. The molecule has 0 saturated carbocycles. The maximum Gasteiger partial charge on any atom is 0.410 e. The minimum absolute atomic E-state index is 0.114. The summed E-state index contributed by atoms with van der Waals surface area (Å²) in [6, 6.07) is 14.8. The molecule has 0 radical (unpaired) electrons. The van der Waals surface area contributed by atoms with Crippen LogP contribution >= 0.6 is 0 Å². The van der Waals surface area contributed by atoms with Crippen LogP contribution in [0.2, 0.25) is 0 Å². The fourth-order valence-corrected chi connectivity index (χ4v) is 3.46. The van der Waals surface area contributed by atoms with Crippen LogP contribution in [0.15, 0.2) is 48.5 Å². The standard InChI is InChI=1S/C24H31N3O4/c1-17-15-26(12-13-27(17)23(29)31-24(2,3)4)22(28)19-10-11-21(20(25)14-19)30-16-18-8-6-5-7-9-18/h5-11,14,17H,12-13,15-16,25H2,1-4H3/t17-/m1/s1. The number of hydrogen-bond acceptors (Lipinski definition) is 5. The lowest BCUT2D eigenvalue weighted by atomic mass is 10.1. The molecule has 1 fully saturated rings. The minimum atomic E-state index is -0.550. The molecular formula is C24H31N3O4. The molecule has 0 aromatic heterocycles. The zero-order valence-electron chi connectivity index (χ0n) is 18.6. The Labute approximate surface area is 183 Å². The van der Waals surface area contributed by atoms with E-state index in [1.807, 2.05) is 58.0 Å². The number of benzene rings is 2. The van der Waals surface area contributed by atoms with E-state index in [2.05, 4.69) is 0 Å². The maximum absolute atomic E-state index is 13.0. The van der Waals surface area contributed by atoms with Crippen molar-refractivity contribution in [1.29, 1.82) is 0 Å². The third-order valence-electron chi connectivity index (χ3n) is 5.04. The summed E-state index contributed by atoms with van der Waals surface area (Å²) in [4.78, 5) is 28.8. The van der Waals surface area contributed by atoms with Crippen molar-refractivity contribution in [1.82, 2.24) is 9.80 Å². The topological polar surface area (TPSA) is 85.1 Å². The zero-order valence-corrected chi connectivity index (χ0v) is 18.6. The molecule has 1 heterocycles. The van der Waals surface area contributed by atoms with Crippen LogP contribution in [0.5, 0.6) is 5.75 Å². The van der Waals surface area contributed by atoms with Crippen molar-refractivity contribution in [2.45, 2.75) is 45.9 Å². The first kappa shape index (κ1) is 22.5. The first-order chi connectivity index (χ1) is 14.6. The molecule has 2 aromatic carbocycles. The normalized spacial score (nSPS) is 16.7. The number of piperazine rings is 1. The van der Waals surface area contributed by atoms with Gasteiger partial charge < -0.3 is 25.0 Å². The molecule has 31 heavy (non-hydrogen) atoms. The molecule has 2 amide bonds. The second kappa shape index (κ2) is 9.29. The fourth-order valence-electron chi connectivity index (χ4n) is 3.46. The molecule has 1 aliphatic heterocycles. The van der Waals surface area contributed by atoms with Gasteiger partial charge in [-0.3, -0.25) is 4.79 Å². The lowest BCUT2D eigenvalue weighted by molar-refractivity contribution is 0.00198. The first-order valence-electron chi connectivity index (χ1n) is 10.5. The number of ether oxygens (including phenoxy) is 2. The van der Waals surface area contributed by atoms with E-state index in [9.17, 15) is 9.59 Å². The summed E-state index contributed by atoms with van der Waals surface area (Å²) in [6.45, 7) is 9.14. The highest BCUT2D eigenvalue weighted by Gasteiger charge is 2.32. The second-order valence-electron chi connectivity index (χ2n) is 8.80. The Balaban J connectivity index is 1.60. The van der Waals surface area contributed by atoms with Crippen LogP contribution < -0.4 is 10.5 Å². The number of anilines is 1. The van der Waals surface area contributed by atoms with E-state index in [4.69, 9.17) is 15.2 Å². The van der Waals surface area contributed by atoms with Crippen LogP contribution in [0.1, 0.15) is 43.6 Å². The third kappa shape index (κ3) is 5.90. The zero-order chi connectivity index (χ0) is 22.6. The average molecular weight is 426 g/mol. The number of carbonyl (C=O) groups excluding carboxylic acids is 2. The predicted octanol–water partition coefficient (Wildman–Crippen LogP) is 3.93. The van der Waals surface area contributed by atoms with Gasteiger partial charge in [-0.1, -0.05) is 30.3 Å². The smallest absolute Gasteiger partial charge is 0.410 e. The minimum Gasteiger partial charge on any atom is -0.487 e. The number of carbonyl (C=O) groups is 2. The molecule has 1 saturated heterocycles. The molecule has 0 bridgehead atoms. The predicted molar refractivity (Wildman–Crippen MR) is 120 cm³/mol. The molecule has 1 atom stereocenters. The third-order valence-corrected chi connectivity index (χ3v) is 5.04. The number of hydrogen-bond donors (Lipinski definition) is 1. The largest absolute Gasteiger partial charge is 0.487 e. The summed E-state index contributed by atoms with van der Waals surface area (Å²) < 4.78 is 11.3. The number of nitrogens with zero attached hydrogens (tertiary/aromatic N) is 2. The Morgan fingerprint density at radius 3 is 2.42 bits per heavy atom. The van der Waals surface area contributed by atoms with Gasteiger partial charge in [0.1, 0.15) is 18.0 Å². The van der Waals surface area contributed by atoms with Gasteiger partial charge in [-0.2, -0.15) is 0 Å². The summed E-state index contributed by atoms with van der Waals surface area (Å²) in [5, 5.41) is 0. The van der Waals surface area contributed by atoms with Gasteiger partial charge in [0.2, 0.25) is 0 Å². The van der Waals surface area contributed by atoms with Gasteiger partial charge in [0.05, 0.1) is 5.69 Å². The molecule has 1 aliphatic rings. The first-order valence-corrected chi connectivity index (χ1v) is 10.5. The number of nitrogen functional groups attached to an aromatic ring is 1. The Bertz CT molecular complexity index is 924. The van der Waals surface area contributed by atoms with Crippen molar-refractivity contribution >= 4 is 17.7 Å². The van der Waals surface area contributed by atoms with E-state index in [1.54, 1.807) is 28.0 Å². The van der Waals surface area contributed by atoms with Gasteiger partial charge in [0, 0.05) is 31.2 Å². The molecule has 166 valence electrons. The summed E-state index contributed by atoms with van der Waals surface area (Å²) >= 11 is 0. The van der Waals surface area contributed by atoms with Crippen LogP contribution in [-0.2, 0) is 11.3 Å². The Morgan fingerprint density at radius 2 is 1.81 bits per heavy atom. The van der Waals surface area contributed by atoms with Gasteiger partial charge in [-0.25, -0.2) is 4.79 Å². The molecule has 0 unspecified atom stereocenters. The molecule has 0 spiro atoms. The van der Waals surface area contributed by atoms with Gasteiger partial charge >= 0.3 is 6.09 Å². The molecule has 3 rings (SSSR count). The van der Waals surface area contributed by atoms with Gasteiger partial charge in [0.15, 0.2) is 0 Å². The van der Waals surface area contributed by atoms with Crippen molar-refractivity contribution in [3.8, 4) is 5.75 Å². The van der Waals surface area contributed by atoms with E-state index in [-0.39, 0.29) is 18.0 Å². The van der Waals surface area contributed by atoms with Gasteiger partial charge in [-0.15, -0.1) is 0 Å². The molecule has 0 aliphatic carbocycles. The Morgan fingerprint density at radius 1 is 1.10 bits per heavy atom. The summed E-state index contributed by atoms with van der Waals surface area (Å²) in [7, 11) is 0. The van der Waals surface area contributed by atoms with Crippen molar-refractivity contribution < 1.29 is 19.1 Å². The van der Waals surface area contributed by atoms with Crippen molar-refractivity contribution in [3.63, 3.8) is 0 Å². The van der Waals surface area contributed by atoms with Gasteiger partial charge in [-0.05, 0) is 51.5 Å². The number of amides is 2. The SMILES string of the molecule is C[C@@H]1CN(C(=O)c2ccc(OCc3ccccc3)c(N)c2)CCN1C(=O)OC(C)(C)C. The average Bonchev–Trinajstić information content (AvgIpc) is 2.71. The van der Waals surface area contributed by atoms with E-state index < -0.39 is 5.60 Å². The second-order valence-corrected chi connectivity index (χ2v) is 8.80. The quantitative estimate of drug-likeness (QED) is 0.751. The van der Waals surface area contributed by atoms with E-state index in [1.165, 1.54) is 0 Å².